The second-order valence-electron chi connectivity index (χ2n) is 4.91. The molecule has 0 bridgehead atoms. The minimum absolute atomic E-state index is 0.152. The van der Waals surface area contributed by atoms with Crippen molar-refractivity contribution in [2.45, 2.75) is 38.7 Å². The zero-order chi connectivity index (χ0) is 14.7. The molecule has 1 unspecified atom stereocenters. The lowest BCUT2D eigenvalue weighted by atomic mass is 10.1. The molecule has 0 saturated heterocycles. The van der Waals surface area contributed by atoms with E-state index >= 15 is 0 Å². The molecule has 0 aliphatic heterocycles. The zero-order valence-corrected chi connectivity index (χ0v) is 10.8. The van der Waals surface area contributed by atoms with E-state index in [1.807, 2.05) is 0 Å². The van der Waals surface area contributed by atoms with Gasteiger partial charge in [-0.15, -0.1) is 0 Å². The summed E-state index contributed by atoms with van der Waals surface area (Å²) in [7, 11) is 0. The Morgan fingerprint density at radius 1 is 1.11 bits per heavy atom. The maximum atomic E-state index is 12.9. The molecule has 0 fully saturated rings. The Bertz CT molecular complexity index is 421. The average molecular weight is 276 g/mol. The van der Waals surface area contributed by atoms with Crippen molar-refractivity contribution in [1.29, 1.82) is 0 Å². The number of hydrogen-bond acceptors (Lipinski definition) is 3. The molecule has 1 atom stereocenters. The van der Waals surface area contributed by atoms with Crippen molar-refractivity contribution in [3.63, 3.8) is 0 Å². The molecule has 3 nitrogen and oxygen atoms in total. The molecule has 0 aliphatic rings. The van der Waals surface area contributed by atoms with Gasteiger partial charge < -0.3 is 9.47 Å². The van der Waals surface area contributed by atoms with Crippen LogP contribution in [0.1, 0.15) is 32.4 Å². The third-order valence-corrected chi connectivity index (χ3v) is 2.00. The highest BCUT2D eigenvalue weighted by molar-refractivity contribution is 5.61. The van der Waals surface area contributed by atoms with Gasteiger partial charge >= 0.3 is 12.3 Å². The Morgan fingerprint density at radius 2 is 1.63 bits per heavy atom. The zero-order valence-electron chi connectivity index (χ0n) is 10.8. The third-order valence-electron chi connectivity index (χ3n) is 2.00. The molecule has 19 heavy (non-hydrogen) atoms. The van der Waals surface area contributed by atoms with E-state index < -0.39 is 24.0 Å². The number of ether oxygens (including phenoxy) is 2. The van der Waals surface area contributed by atoms with Crippen molar-refractivity contribution in [3.05, 3.63) is 35.9 Å². The van der Waals surface area contributed by atoms with Crippen LogP contribution in [-0.4, -0.2) is 17.9 Å². The topological polar surface area (TPSA) is 35.5 Å². The fourth-order valence-electron chi connectivity index (χ4n) is 1.32. The summed E-state index contributed by atoms with van der Waals surface area (Å²) >= 11 is 0. The predicted octanol–water partition coefficient (Wildman–Crippen LogP) is 4.24. The summed E-state index contributed by atoms with van der Waals surface area (Å²) in [4.78, 5) is 11.3. The molecule has 0 aliphatic carbocycles. The number of alkyl halides is 3. The highest BCUT2D eigenvalue weighted by atomic mass is 19.4. The van der Waals surface area contributed by atoms with Crippen LogP contribution in [0.5, 0.6) is 0 Å². The van der Waals surface area contributed by atoms with Gasteiger partial charge in [0.05, 0.1) is 0 Å². The van der Waals surface area contributed by atoms with E-state index in [4.69, 9.17) is 4.74 Å². The number of hydrogen-bond donors (Lipinski definition) is 0. The molecule has 0 saturated carbocycles. The van der Waals surface area contributed by atoms with Gasteiger partial charge in [0.15, 0.2) is 0 Å². The van der Waals surface area contributed by atoms with Crippen LogP contribution >= 0.6 is 0 Å². The average Bonchev–Trinajstić information content (AvgIpc) is 2.23. The summed E-state index contributed by atoms with van der Waals surface area (Å²) in [6.45, 7) is 4.62. The van der Waals surface area contributed by atoms with Crippen molar-refractivity contribution in [1.82, 2.24) is 0 Å². The fraction of sp³-hybridized carbons (Fsp3) is 0.462. The van der Waals surface area contributed by atoms with Crippen molar-refractivity contribution in [3.8, 4) is 0 Å². The number of rotatable bonds is 2. The molecule has 1 rings (SSSR count). The van der Waals surface area contributed by atoms with Gasteiger partial charge in [-0.05, 0) is 20.8 Å². The quantitative estimate of drug-likeness (QED) is 0.758. The first-order valence-electron chi connectivity index (χ1n) is 5.61. The minimum atomic E-state index is -4.70. The Hall–Kier alpha value is -1.72. The molecule has 0 spiro atoms. The monoisotopic (exact) mass is 276 g/mol. The third kappa shape index (κ3) is 5.19. The molecule has 0 N–H and O–H groups in total. The predicted molar refractivity (Wildman–Crippen MR) is 62.6 cm³/mol. The van der Waals surface area contributed by atoms with Gasteiger partial charge in [-0.2, -0.15) is 13.2 Å². The summed E-state index contributed by atoms with van der Waals surface area (Å²) in [5, 5.41) is 0. The van der Waals surface area contributed by atoms with Gasteiger partial charge in [0, 0.05) is 5.56 Å². The molecule has 1 aromatic rings. The van der Waals surface area contributed by atoms with Crippen LogP contribution in [0.25, 0.3) is 0 Å². The van der Waals surface area contributed by atoms with Crippen LogP contribution in [0.15, 0.2) is 30.3 Å². The highest BCUT2D eigenvalue weighted by Crippen LogP contribution is 2.36. The fourth-order valence-corrected chi connectivity index (χ4v) is 1.32. The van der Waals surface area contributed by atoms with Crippen molar-refractivity contribution < 1.29 is 27.4 Å². The Morgan fingerprint density at radius 3 is 2.05 bits per heavy atom. The van der Waals surface area contributed by atoms with Crippen molar-refractivity contribution in [2.24, 2.45) is 0 Å². The van der Waals surface area contributed by atoms with E-state index in [1.54, 1.807) is 26.8 Å². The normalized spacial score (nSPS) is 13.8. The summed E-state index contributed by atoms with van der Waals surface area (Å²) in [6, 6.07) is 6.93. The maximum absolute atomic E-state index is 12.9. The first-order valence-corrected chi connectivity index (χ1v) is 5.61. The van der Waals surface area contributed by atoms with Gasteiger partial charge in [0.25, 0.3) is 0 Å². The van der Waals surface area contributed by atoms with Crippen LogP contribution in [0.2, 0.25) is 0 Å². The standard InChI is InChI=1S/C13H15F3O3/c1-12(2,3)19-11(17)18-10(13(14,15)16)9-7-5-4-6-8-9/h4-8,10H,1-3H3. The first-order chi connectivity index (χ1) is 8.59. The summed E-state index contributed by atoms with van der Waals surface area (Å²) in [5.41, 5.74) is -1.06. The molecule has 0 aromatic heterocycles. The number of benzene rings is 1. The summed E-state index contributed by atoms with van der Waals surface area (Å²) in [5.74, 6) is 0. The largest absolute Gasteiger partial charge is 0.509 e. The van der Waals surface area contributed by atoms with Crippen molar-refractivity contribution >= 4 is 6.16 Å². The van der Waals surface area contributed by atoms with E-state index in [-0.39, 0.29) is 5.56 Å². The summed E-state index contributed by atoms with van der Waals surface area (Å²) in [6.07, 6.45) is -8.37. The Balaban J connectivity index is 2.87. The molecular formula is C13H15F3O3. The first kappa shape index (κ1) is 15.3. The second-order valence-corrected chi connectivity index (χ2v) is 4.91. The van der Waals surface area contributed by atoms with Gasteiger partial charge in [0.2, 0.25) is 6.10 Å². The molecular weight excluding hydrogens is 261 g/mol. The van der Waals surface area contributed by atoms with E-state index in [2.05, 4.69) is 4.74 Å². The lowest BCUT2D eigenvalue weighted by Crippen LogP contribution is -2.30. The van der Waals surface area contributed by atoms with E-state index in [1.165, 1.54) is 24.3 Å². The smallest absolute Gasteiger partial charge is 0.429 e. The van der Waals surface area contributed by atoms with Gasteiger partial charge in [0.1, 0.15) is 5.60 Å². The number of carbonyl (C=O) groups is 1. The van der Waals surface area contributed by atoms with Crippen LogP contribution in [0.4, 0.5) is 18.0 Å². The molecule has 106 valence electrons. The van der Waals surface area contributed by atoms with Gasteiger partial charge in [-0.1, -0.05) is 30.3 Å². The maximum Gasteiger partial charge on any atom is 0.509 e. The SMILES string of the molecule is CC(C)(C)OC(=O)OC(c1ccccc1)C(F)(F)F. The van der Waals surface area contributed by atoms with E-state index in [9.17, 15) is 18.0 Å². The Labute approximate surface area is 109 Å². The number of halogens is 3. The molecule has 0 amide bonds. The van der Waals surface area contributed by atoms with Crippen LogP contribution < -0.4 is 0 Å². The molecule has 0 radical (unpaired) electrons. The minimum Gasteiger partial charge on any atom is -0.429 e. The number of carbonyl (C=O) groups excluding carboxylic acids is 1. The lowest BCUT2D eigenvalue weighted by molar-refractivity contribution is -0.214. The second kappa shape index (κ2) is 5.50. The van der Waals surface area contributed by atoms with Gasteiger partial charge in [-0.25, -0.2) is 4.79 Å². The van der Waals surface area contributed by atoms with Gasteiger partial charge in [-0.3, -0.25) is 0 Å². The Kier molecular flexibility index (Phi) is 4.44. The van der Waals surface area contributed by atoms with E-state index in [0.717, 1.165) is 0 Å². The molecule has 0 heterocycles. The lowest BCUT2D eigenvalue weighted by Gasteiger charge is -2.24. The highest BCUT2D eigenvalue weighted by Gasteiger charge is 2.44. The summed E-state index contributed by atoms with van der Waals surface area (Å²) < 4.78 is 47.7. The van der Waals surface area contributed by atoms with E-state index in [0.29, 0.717) is 0 Å². The van der Waals surface area contributed by atoms with Crippen LogP contribution in [-0.2, 0) is 9.47 Å². The molecule has 6 heteroatoms. The van der Waals surface area contributed by atoms with Crippen LogP contribution in [0, 0.1) is 0 Å². The molecule has 1 aromatic carbocycles. The van der Waals surface area contributed by atoms with Crippen molar-refractivity contribution in [2.75, 3.05) is 0 Å². The van der Waals surface area contributed by atoms with Crippen LogP contribution in [0.3, 0.4) is 0 Å².